The SMILES string of the molecule is Cc1c(C(=O)N[C@H]2CCCC[C@@H]2C)oc2ccccc12. The van der Waals surface area contributed by atoms with Gasteiger partial charge in [0.1, 0.15) is 5.58 Å². The molecular weight excluding hydrogens is 250 g/mol. The molecule has 1 saturated carbocycles. The molecule has 1 aliphatic carbocycles. The van der Waals surface area contributed by atoms with E-state index in [0.29, 0.717) is 11.7 Å². The highest BCUT2D eigenvalue weighted by Crippen LogP contribution is 2.27. The molecule has 1 aromatic heterocycles. The van der Waals surface area contributed by atoms with E-state index in [1.165, 1.54) is 19.3 Å². The molecule has 106 valence electrons. The summed E-state index contributed by atoms with van der Waals surface area (Å²) in [6.45, 7) is 4.17. The molecule has 0 saturated heterocycles. The number of nitrogens with one attached hydrogen (secondary N) is 1. The third kappa shape index (κ3) is 2.33. The lowest BCUT2D eigenvalue weighted by Gasteiger charge is -2.29. The minimum Gasteiger partial charge on any atom is -0.451 e. The fourth-order valence-corrected chi connectivity index (χ4v) is 3.16. The fourth-order valence-electron chi connectivity index (χ4n) is 3.16. The van der Waals surface area contributed by atoms with Crippen LogP contribution in [0.4, 0.5) is 0 Å². The standard InChI is InChI=1S/C17H21NO2/c1-11-7-3-5-9-14(11)18-17(19)16-12(2)13-8-4-6-10-15(13)20-16/h4,6,8,10-11,14H,3,5,7,9H2,1-2H3,(H,18,19)/t11-,14-/m0/s1. The van der Waals surface area contributed by atoms with E-state index in [-0.39, 0.29) is 11.9 Å². The summed E-state index contributed by atoms with van der Waals surface area (Å²) in [6.07, 6.45) is 4.75. The zero-order valence-electron chi connectivity index (χ0n) is 12.1. The second-order valence-corrected chi connectivity index (χ2v) is 5.89. The first-order valence-corrected chi connectivity index (χ1v) is 7.46. The van der Waals surface area contributed by atoms with E-state index in [9.17, 15) is 4.79 Å². The highest BCUT2D eigenvalue weighted by Gasteiger charge is 2.25. The maximum Gasteiger partial charge on any atom is 0.287 e. The van der Waals surface area contributed by atoms with Crippen molar-refractivity contribution in [2.75, 3.05) is 0 Å². The van der Waals surface area contributed by atoms with E-state index in [1.54, 1.807) is 0 Å². The van der Waals surface area contributed by atoms with Gasteiger partial charge in [-0.15, -0.1) is 0 Å². The Morgan fingerprint density at radius 1 is 1.25 bits per heavy atom. The first-order valence-electron chi connectivity index (χ1n) is 7.46. The summed E-state index contributed by atoms with van der Waals surface area (Å²) in [4.78, 5) is 12.4. The molecule has 0 spiro atoms. The van der Waals surface area contributed by atoms with Crippen LogP contribution >= 0.6 is 0 Å². The minimum atomic E-state index is -0.0718. The Kier molecular flexibility index (Phi) is 3.51. The Balaban J connectivity index is 1.83. The average Bonchev–Trinajstić information content (AvgIpc) is 2.79. The highest BCUT2D eigenvalue weighted by molar-refractivity contribution is 5.99. The lowest BCUT2D eigenvalue weighted by Crippen LogP contribution is -2.41. The highest BCUT2D eigenvalue weighted by atomic mass is 16.3. The molecule has 0 aliphatic heterocycles. The first kappa shape index (κ1) is 13.2. The molecule has 1 amide bonds. The van der Waals surface area contributed by atoms with E-state index < -0.39 is 0 Å². The van der Waals surface area contributed by atoms with E-state index in [4.69, 9.17) is 4.42 Å². The number of carbonyl (C=O) groups excluding carboxylic acids is 1. The maximum atomic E-state index is 12.4. The molecule has 1 heterocycles. The number of rotatable bonds is 2. The molecule has 2 atom stereocenters. The summed E-state index contributed by atoms with van der Waals surface area (Å²) in [5.74, 6) is 0.943. The Morgan fingerprint density at radius 2 is 2.00 bits per heavy atom. The topological polar surface area (TPSA) is 42.2 Å². The number of benzene rings is 1. The summed E-state index contributed by atoms with van der Waals surface area (Å²) in [5.41, 5.74) is 1.72. The zero-order valence-corrected chi connectivity index (χ0v) is 12.1. The monoisotopic (exact) mass is 271 g/mol. The molecule has 0 radical (unpaired) electrons. The Morgan fingerprint density at radius 3 is 2.75 bits per heavy atom. The van der Waals surface area contributed by atoms with Gasteiger partial charge in [-0.05, 0) is 31.7 Å². The number of hydrogen-bond donors (Lipinski definition) is 1. The van der Waals surface area contributed by atoms with Gasteiger partial charge in [-0.2, -0.15) is 0 Å². The average molecular weight is 271 g/mol. The normalized spacial score (nSPS) is 22.9. The molecule has 20 heavy (non-hydrogen) atoms. The lowest BCUT2D eigenvalue weighted by molar-refractivity contribution is 0.0883. The van der Waals surface area contributed by atoms with Crippen molar-refractivity contribution >= 4 is 16.9 Å². The van der Waals surface area contributed by atoms with Crippen LogP contribution in [0.2, 0.25) is 0 Å². The van der Waals surface area contributed by atoms with Crippen LogP contribution in [0.5, 0.6) is 0 Å². The van der Waals surface area contributed by atoms with Crippen molar-refractivity contribution < 1.29 is 9.21 Å². The van der Waals surface area contributed by atoms with Crippen molar-refractivity contribution in [1.82, 2.24) is 5.32 Å². The number of carbonyl (C=O) groups is 1. The van der Waals surface area contributed by atoms with Gasteiger partial charge < -0.3 is 9.73 Å². The Bertz CT molecular complexity index is 629. The van der Waals surface area contributed by atoms with Crippen LogP contribution in [0, 0.1) is 12.8 Å². The molecule has 3 nitrogen and oxygen atoms in total. The van der Waals surface area contributed by atoms with E-state index in [2.05, 4.69) is 12.2 Å². The van der Waals surface area contributed by atoms with Gasteiger partial charge in [0, 0.05) is 17.0 Å². The van der Waals surface area contributed by atoms with Crippen molar-refractivity contribution in [3.63, 3.8) is 0 Å². The first-order chi connectivity index (χ1) is 9.66. The summed E-state index contributed by atoms with van der Waals surface area (Å²) in [6, 6.07) is 8.08. The zero-order chi connectivity index (χ0) is 14.1. The number of para-hydroxylation sites is 1. The second-order valence-electron chi connectivity index (χ2n) is 5.89. The van der Waals surface area contributed by atoms with Crippen molar-refractivity contribution in [3.05, 3.63) is 35.6 Å². The number of hydrogen-bond acceptors (Lipinski definition) is 2. The molecule has 1 fully saturated rings. The van der Waals surface area contributed by atoms with Crippen molar-refractivity contribution in [2.24, 2.45) is 5.92 Å². The van der Waals surface area contributed by atoms with Crippen molar-refractivity contribution in [3.8, 4) is 0 Å². The summed E-state index contributed by atoms with van der Waals surface area (Å²) < 4.78 is 5.73. The van der Waals surface area contributed by atoms with Crippen LogP contribution < -0.4 is 5.32 Å². The molecule has 0 unspecified atom stereocenters. The van der Waals surface area contributed by atoms with E-state index >= 15 is 0 Å². The minimum absolute atomic E-state index is 0.0718. The summed E-state index contributed by atoms with van der Waals surface area (Å²) >= 11 is 0. The molecule has 1 N–H and O–H groups in total. The van der Waals surface area contributed by atoms with Gasteiger partial charge in [0.15, 0.2) is 5.76 Å². The molecule has 1 aromatic carbocycles. The number of fused-ring (bicyclic) bond motifs is 1. The van der Waals surface area contributed by atoms with Gasteiger partial charge in [0.25, 0.3) is 5.91 Å². The lowest BCUT2D eigenvalue weighted by atomic mass is 9.86. The van der Waals surface area contributed by atoms with Gasteiger partial charge in [-0.25, -0.2) is 0 Å². The van der Waals surface area contributed by atoms with Crippen LogP contribution in [-0.4, -0.2) is 11.9 Å². The van der Waals surface area contributed by atoms with Crippen LogP contribution in [0.1, 0.15) is 48.7 Å². The Labute approximate surface area is 119 Å². The van der Waals surface area contributed by atoms with Crippen LogP contribution in [0.3, 0.4) is 0 Å². The van der Waals surface area contributed by atoms with Gasteiger partial charge in [0.2, 0.25) is 0 Å². The van der Waals surface area contributed by atoms with Gasteiger partial charge in [-0.3, -0.25) is 4.79 Å². The maximum absolute atomic E-state index is 12.4. The summed E-state index contributed by atoms with van der Waals surface area (Å²) in [7, 11) is 0. The van der Waals surface area contributed by atoms with Crippen molar-refractivity contribution in [1.29, 1.82) is 0 Å². The fraction of sp³-hybridized carbons (Fsp3) is 0.471. The predicted octanol–water partition coefficient (Wildman–Crippen LogP) is 4.05. The molecule has 0 bridgehead atoms. The van der Waals surface area contributed by atoms with Gasteiger partial charge >= 0.3 is 0 Å². The largest absolute Gasteiger partial charge is 0.451 e. The van der Waals surface area contributed by atoms with Crippen LogP contribution in [0.25, 0.3) is 11.0 Å². The van der Waals surface area contributed by atoms with Crippen LogP contribution in [0.15, 0.2) is 28.7 Å². The Hall–Kier alpha value is -1.77. The number of furan rings is 1. The molecule has 1 aliphatic rings. The second kappa shape index (κ2) is 5.31. The van der Waals surface area contributed by atoms with Gasteiger partial charge in [0.05, 0.1) is 0 Å². The molecule has 3 heteroatoms. The smallest absolute Gasteiger partial charge is 0.287 e. The molecule has 2 aromatic rings. The van der Waals surface area contributed by atoms with E-state index in [0.717, 1.165) is 23.0 Å². The summed E-state index contributed by atoms with van der Waals surface area (Å²) in [5, 5.41) is 4.18. The van der Waals surface area contributed by atoms with E-state index in [1.807, 2.05) is 31.2 Å². The predicted molar refractivity (Wildman–Crippen MR) is 79.8 cm³/mol. The quantitative estimate of drug-likeness (QED) is 0.895. The third-order valence-electron chi connectivity index (χ3n) is 4.48. The number of amides is 1. The van der Waals surface area contributed by atoms with Gasteiger partial charge in [-0.1, -0.05) is 38.0 Å². The van der Waals surface area contributed by atoms with Crippen LogP contribution in [-0.2, 0) is 0 Å². The molecular formula is C17H21NO2. The third-order valence-corrected chi connectivity index (χ3v) is 4.48. The molecule has 3 rings (SSSR count). The number of aryl methyl sites for hydroxylation is 1. The van der Waals surface area contributed by atoms with Crippen molar-refractivity contribution in [2.45, 2.75) is 45.6 Å².